The van der Waals surface area contributed by atoms with Gasteiger partial charge in [0.25, 0.3) is 0 Å². The van der Waals surface area contributed by atoms with Crippen molar-refractivity contribution >= 4 is 5.69 Å². The molecule has 1 aromatic heterocycles. The van der Waals surface area contributed by atoms with E-state index in [4.69, 9.17) is 4.74 Å². The van der Waals surface area contributed by atoms with Crippen LogP contribution in [0.15, 0.2) is 42.6 Å². The van der Waals surface area contributed by atoms with Gasteiger partial charge in [0.15, 0.2) is 0 Å². The van der Waals surface area contributed by atoms with E-state index in [9.17, 15) is 0 Å². The van der Waals surface area contributed by atoms with E-state index in [1.165, 1.54) is 5.69 Å². The summed E-state index contributed by atoms with van der Waals surface area (Å²) in [7, 11) is 0. The fourth-order valence-electron chi connectivity index (χ4n) is 2.03. The summed E-state index contributed by atoms with van der Waals surface area (Å²) in [5, 5.41) is 3.44. The van der Waals surface area contributed by atoms with Crippen LogP contribution in [0, 0.1) is 0 Å². The molecule has 0 bridgehead atoms. The van der Waals surface area contributed by atoms with Crippen LogP contribution in [0.2, 0.25) is 0 Å². The zero-order valence-electron chi connectivity index (χ0n) is 11.7. The van der Waals surface area contributed by atoms with Crippen LogP contribution in [-0.2, 0) is 13.1 Å². The second-order valence-corrected chi connectivity index (χ2v) is 4.52. The number of rotatable bonds is 7. The first-order valence-electron chi connectivity index (χ1n) is 6.94. The minimum Gasteiger partial charge on any atom is -0.494 e. The summed E-state index contributed by atoms with van der Waals surface area (Å²) < 4.78 is 7.87. The third kappa shape index (κ3) is 3.78. The van der Waals surface area contributed by atoms with E-state index >= 15 is 0 Å². The lowest BCUT2D eigenvalue weighted by Gasteiger charge is -2.11. The van der Waals surface area contributed by atoms with Gasteiger partial charge in [0, 0.05) is 30.2 Å². The summed E-state index contributed by atoms with van der Waals surface area (Å²) in [6.07, 6.45) is 3.14. The van der Waals surface area contributed by atoms with Crippen LogP contribution in [0.1, 0.15) is 26.0 Å². The molecule has 0 aliphatic heterocycles. The lowest BCUT2D eigenvalue weighted by molar-refractivity contribution is 0.317. The Balaban J connectivity index is 1.95. The highest BCUT2D eigenvalue weighted by atomic mass is 16.5. The molecule has 0 aliphatic carbocycles. The monoisotopic (exact) mass is 258 g/mol. The fourth-order valence-corrected chi connectivity index (χ4v) is 2.03. The molecule has 0 amide bonds. The Bertz CT molecular complexity index is 505. The van der Waals surface area contributed by atoms with Crippen molar-refractivity contribution in [1.29, 1.82) is 0 Å². The summed E-state index contributed by atoms with van der Waals surface area (Å²) in [6.45, 7) is 6.87. The molecule has 2 aromatic rings. The SMILES string of the molecule is CCCOc1cccc(NCc2cccn2CC)c1. The molecule has 0 spiro atoms. The third-order valence-electron chi connectivity index (χ3n) is 3.04. The van der Waals surface area contributed by atoms with Crippen LogP contribution in [0.25, 0.3) is 0 Å². The lowest BCUT2D eigenvalue weighted by atomic mass is 10.3. The number of benzene rings is 1. The molecule has 0 aliphatic rings. The van der Waals surface area contributed by atoms with E-state index in [0.717, 1.165) is 37.6 Å². The van der Waals surface area contributed by atoms with Crippen molar-refractivity contribution in [2.24, 2.45) is 0 Å². The van der Waals surface area contributed by atoms with Gasteiger partial charge in [-0.15, -0.1) is 0 Å². The van der Waals surface area contributed by atoms with Gasteiger partial charge in [0.2, 0.25) is 0 Å². The van der Waals surface area contributed by atoms with Gasteiger partial charge >= 0.3 is 0 Å². The maximum absolute atomic E-state index is 5.63. The second-order valence-electron chi connectivity index (χ2n) is 4.52. The van der Waals surface area contributed by atoms with Crippen LogP contribution in [-0.4, -0.2) is 11.2 Å². The summed E-state index contributed by atoms with van der Waals surface area (Å²) >= 11 is 0. The Hall–Kier alpha value is -1.90. The van der Waals surface area contributed by atoms with E-state index < -0.39 is 0 Å². The predicted molar refractivity (Wildman–Crippen MR) is 79.7 cm³/mol. The van der Waals surface area contributed by atoms with E-state index in [1.54, 1.807) is 0 Å². The largest absolute Gasteiger partial charge is 0.494 e. The number of anilines is 1. The molecule has 0 saturated carbocycles. The van der Waals surface area contributed by atoms with Crippen LogP contribution >= 0.6 is 0 Å². The van der Waals surface area contributed by atoms with Gasteiger partial charge in [-0.2, -0.15) is 0 Å². The fraction of sp³-hybridized carbons (Fsp3) is 0.375. The van der Waals surface area contributed by atoms with Gasteiger partial charge in [-0.1, -0.05) is 13.0 Å². The minimum absolute atomic E-state index is 0.766. The van der Waals surface area contributed by atoms with Crippen molar-refractivity contribution in [3.05, 3.63) is 48.3 Å². The van der Waals surface area contributed by atoms with E-state index in [1.807, 2.05) is 12.1 Å². The maximum atomic E-state index is 5.63. The number of aromatic nitrogens is 1. The molecular formula is C16H22N2O. The number of nitrogens with zero attached hydrogens (tertiary/aromatic N) is 1. The zero-order valence-corrected chi connectivity index (χ0v) is 11.7. The molecule has 2 rings (SSSR count). The predicted octanol–water partition coefficient (Wildman–Crippen LogP) is 3.91. The van der Waals surface area contributed by atoms with Gasteiger partial charge in [-0.25, -0.2) is 0 Å². The molecule has 1 aromatic carbocycles. The topological polar surface area (TPSA) is 26.2 Å². The first-order chi connectivity index (χ1) is 9.33. The van der Waals surface area contributed by atoms with Gasteiger partial charge < -0.3 is 14.6 Å². The molecule has 19 heavy (non-hydrogen) atoms. The molecule has 0 unspecified atom stereocenters. The molecule has 1 N–H and O–H groups in total. The van der Waals surface area contributed by atoms with Gasteiger partial charge in [-0.05, 0) is 37.6 Å². The summed E-state index contributed by atoms with van der Waals surface area (Å²) in [5.74, 6) is 0.928. The Morgan fingerprint density at radius 3 is 2.84 bits per heavy atom. The molecule has 3 nitrogen and oxygen atoms in total. The highest BCUT2D eigenvalue weighted by molar-refractivity contribution is 5.48. The normalized spacial score (nSPS) is 10.4. The number of hydrogen-bond donors (Lipinski definition) is 1. The van der Waals surface area contributed by atoms with Crippen molar-refractivity contribution in [2.75, 3.05) is 11.9 Å². The van der Waals surface area contributed by atoms with Gasteiger partial charge in [0.05, 0.1) is 13.2 Å². The smallest absolute Gasteiger partial charge is 0.121 e. The summed E-state index contributed by atoms with van der Waals surface area (Å²) in [5.41, 5.74) is 2.39. The standard InChI is InChI=1S/C16H22N2O/c1-3-11-19-16-9-5-7-14(12-16)17-13-15-8-6-10-18(15)4-2/h5-10,12,17H,3-4,11,13H2,1-2H3. The molecule has 0 atom stereocenters. The van der Waals surface area contributed by atoms with Crippen molar-refractivity contribution in [2.45, 2.75) is 33.4 Å². The Morgan fingerprint density at radius 1 is 1.16 bits per heavy atom. The molecular weight excluding hydrogens is 236 g/mol. The van der Waals surface area contributed by atoms with Crippen molar-refractivity contribution in [3.8, 4) is 5.75 Å². The Kier molecular flexibility index (Phi) is 4.90. The molecule has 0 radical (unpaired) electrons. The quantitative estimate of drug-likeness (QED) is 0.815. The van der Waals surface area contributed by atoms with Crippen LogP contribution in [0.4, 0.5) is 5.69 Å². The minimum atomic E-state index is 0.766. The highest BCUT2D eigenvalue weighted by Crippen LogP contribution is 2.18. The lowest BCUT2D eigenvalue weighted by Crippen LogP contribution is -2.06. The molecule has 3 heteroatoms. The number of hydrogen-bond acceptors (Lipinski definition) is 2. The van der Waals surface area contributed by atoms with E-state index in [2.05, 4.69) is 54.2 Å². The molecule has 1 heterocycles. The Morgan fingerprint density at radius 2 is 2.05 bits per heavy atom. The summed E-state index contributed by atoms with van der Waals surface area (Å²) in [4.78, 5) is 0. The van der Waals surface area contributed by atoms with Gasteiger partial charge in [-0.3, -0.25) is 0 Å². The third-order valence-corrected chi connectivity index (χ3v) is 3.04. The Labute approximate surface area is 115 Å². The number of nitrogens with one attached hydrogen (secondary N) is 1. The molecule has 0 fully saturated rings. The highest BCUT2D eigenvalue weighted by Gasteiger charge is 2.00. The van der Waals surface area contributed by atoms with Crippen LogP contribution < -0.4 is 10.1 Å². The maximum Gasteiger partial charge on any atom is 0.121 e. The zero-order chi connectivity index (χ0) is 13.5. The molecule has 102 valence electrons. The van der Waals surface area contributed by atoms with E-state index in [0.29, 0.717) is 0 Å². The van der Waals surface area contributed by atoms with Gasteiger partial charge in [0.1, 0.15) is 5.75 Å². The average Bonchev–Trinajstić information content (AvgIpc) is 2.91. The van der Waals surface area contributed by atoms with E-state index in [-0.39, 0.29) is 0 Å². The van der Waals surface area contributed by atoms with Crippen LogP contribution in [0.5, 0.6) is 5.75 Å². The van der Waals surface area contributed by atoms with Crippen LogP contribution in [0.3, 0.4) is 0 Å². The second kappa shape index (κ2) is 6.88. The summed E-state index contributed by atoms with van der Waals surface area (Å²) in [6, 6.07) is 12.4. The average molecular weight is 258 g/mol. The van der Waals surface area contributed by atoms with Crippen molar-refractivity contribution < 1.29 is 4.74 Å². The number of aryl methyl sites for hydroxylation is 1. The molecule has 0 saturated heterocycles. The first kappa shape index (κ1) is 13.5. The van der Waals surface area contributed by atoms with Crippen molar-refractivity contribution in [3.63, 3.8) is 0 Å². The first-order valence-corrected chi connectivity index (χ1v) is 6.94. The number of ether oxygens (including phenoxy) is 1. The van der Waals surface area contributed by atoms with Crippen molar-refractivity contribution in [1.82, 2.24) is 4.57 Å².